The standard InChI is InChI=1S/C22H21F2N3O3/c1-4-6-15(28)27-13-8-5-7-12(9-13)16-17-14(10-25)11(2)26-21(17)18(22(29)30-3)20(24)19(16)23/h12-13,26H,5,7-9H2,1-3H3,(H,27,28). The molecule has 156 valence electrons. The quantitative estimate of drug-likeness (QED) is 0.594. The van der Waals surface area contributed by atoms with Gasteiger partial charge in [-0.1, -0.05) is 12.3 Å². The first-order chi connectivity index (χ1) is 14.3. The fourth-order valence-corrected chi connectivity index (χ4v) is 4.26. The summed E-state index contributed by atoms with van der Waals surface area (Å²) in [6.45, 7) is 3.16. The van der Waals surface area contributed by atoms with Crippen LogP contribution in [0, 0.1) is 41.7 Å². The van der Waals surface area contributed by atoms with Crippen molar-refractivity contribution >= 4 is 22.8 Å². The molecule has 30 heavy (non-hydrogen) atoms. The molecule has 0 aliphatic heterocycles. The van der Waals surface area contributed by atoms with E-state index in [2.05, 4.69) is 26.9 Å². The number of hydrogen-bond acceptors (Lipinski definition) is 4. The second-order valence-corrected chi connectivity index (χ2v) is 7.30. The minimum atomic E-state index is -1.31. The summed E-state index contributed by atoms with van der Waals surface area (Å²) in [5, 5.41) is 12.6. The Balaban J connectivity index is 2.17. The van der Waals surface area contributed by atoms with Crippen LogP contribution in [0.2, 0.25) is 0 Å². The van der Waals surface area contributed by atoms with Crippen molar-refractivity contribution in [3.63, 3.8) is 0 Å². The molecule has 0 bridgehead atoms. The third-order valence-corrected chi connectivity index (χ3v) is 5.51. The van der Waals surface area contributed by atoms with Gasteiger partial charge in [-0.15, -0.1) is 0 Å². The number of carbonyl (C=O) groups excluding carboxylic acids is 2. The number of benzene rings is 1. The number of esters is 1. The number of rotatable bonds is 3. The summed E-state index contributed by atoms with van der Waals surface area (Å²) in [6.07, 6.45) is 2.30. The van der Waals surface area contributed by atoms with Crippen molar-refractivity contribution in [2.24, 2.45) is 0 Å². The molecule has 1 fully saturated rings. The number of aryl methyl sites for hydroxylation is 1. The van der Waals surface area contributed by atoms with Crippen molar-refractivity contribution in [1.82, 2.24) is 10.3 Å². The zero-order valence-electron chi connectivity index (χ0n) is 16.9. The van der Waals surface area contributed by atoms with Gasteiger partial charge in [0, 0.05) is 22.7 Å². The number of aromatic amines is 1. The fourth-order valence-electron chi connectivity index (χ4n) is 4.26. The monoisotopic (exact) mass is 413 g/mol. The molecular formula is C22H21F2N3O3. The second-order valence-electron chi connectivity index (χ2n) is 7.30. The molecular weight excluding hydrogens is 392 g/mol. The number of amides is 1. The molecule has 6 nitrogen and oxygen atoms in total. The molecule has 2 aromatic rings. The number of methoxy groups -OCH3 is 1. The summed E-state index contributed by atoms with van der Waals surface area (Å²) < 4.78 is 34.9. The van der Waals surface area contributed by atoms with Gasteiger partial charge in [0.15, 0.2) is 11.6 Å². The Bertz CT molecular complexity index is 1130. The van der Waals surface area contributed by atoms with E-state index in [-0.39, 0.29) is 28.1 Å². The average Bonchev–Trinajstić information content (AvgIpc) is 3.04. The minimum Gasteiger partial charge on any atom is -0.465 e. The van der Waals surface area contributed by atoms with Crippen LogP contribution in [0.3, 0.4) is 0 Å². The normalized spacial score (nSPS) is 18.3. The van der Waals surface area contributed by atoms with Crippen molar-refractivity contribution < 1.29 is 23.1 Å². The highest BCUT2D eigenvalue weighted by atomic mass is 19.2. The largest absolute Gasteiger partial charge is 0.465 e. The van der Waals surface area contributed by atoms with Crippen LogP contribution in [-0.2, 0) is 9.53 Å². The Labute approximate surface area is 172 Å². The van der Waals surface area contributed by atoms with Gasteiger partial charge < -0.3 is 15.0 Å². The number of halogens is 2. The van der Waals surface area contributed by atoms with Crippen LogP contribution >= 0.6 is 0 Å². The van der Waals surface area contributed by atoms with Gasteiger partial charge in [0.05, 0.1) is 18.2 Å². The number of nitrogens with zero attached hydrogens (tertiary/aromatic N) is 1. The number of nitrogens with one attached hydrogen (secondary N) is 2. The molecule has 1 aromatic carbocycles. The minimum absolute atomic E-state index is 0.0489. The van der Waals surface area contributed by atoms with E-state index in [1.807, 2.05) is 6.07 Å². The number of aromatic nitrogens is 1. The highest BCUT2D eigenvalue weighted by Gasteiger charge is 2.34. The van der Waals surface area contributed by atoms with Gasteiger partial charge in [-0.05, 0) is 44.9 Å². The molecule has 0 radical (unpaired) electrons. The third-order valence-electron chi connectivity index (χ3n) is 5.51. The molecule has 0 spiro atoms. The molecule has 0 saturated heterocycles. The maximum atomic E-state index is 15.3. The summed E-state index contributed by atoms with van der Waals surface area (Å²) in [4.78, 5) is 26.8. The van der Waals surface area contributed by atoms with Gasteiger partial charge in [-0.25, -0.2) is 13.6 Å². The van der Waals surface area contributed by atoms with E-state index >= 15 is 4.39 Å². The lowest BCUT2D eigenvalue weighted by molar-refractivity contribution is -0.116. The Morgan fingerprint density at radius 2 is 2.00 bits per heavy atom. The molecule has 8 heteroatoms. The summed E-state index contributed by atoms with van der Waals surface area (Å²) >= 11 is 0. The van der Waals surface area contributed by atoms with Crippen molar-refractivity contribution in [2.45, 2.75) is 51.5 Å². The van der Waals surface area contributed by atoms with Crippen molar-refractivity contribution in [3.8, 4) is 17.9 Å². The molecule has 1 saturated carbocycles. The average molecular weight is 413 g/mol. The molecule has 3 rings (SSSR count). The van der Waals surface area contributed by atoms with E-state index in [0.717, 1.165) is 7.11 Å². The Morgan fingerprint density at radius 3 is 2.63 bits per heavy atom. The van der Waals surface area contributed by atoms with Gasteiger partial charge in [-0.3, -0.25) is 4.79 Å². The van der Waals surface area contributed by atoms with Crippen LogP contribution in [0.15, 0.2) is 0 Å². The first kappa shape index (κ1) is 21.3. The Kier molecular flexibility index (Phi) is 6.07. The van der Waals surface area contributed by atoms with Crippen LogP contribution in [-0.4, -0.2) is 30.0 Å². The number of nitriles is 1. The molecule has 1 aromatic heterocycles. The summed E-state index contributed by atoms with van der Waals surface area (Å²) in [5.41, 5.74) is 0.108. The zero-order chi connectivity index (χ0) is 22.0. The first-order valence-electron chi connectivity index (χ1n) is 9.58. The highest BCUT2D eigenvalue weighted by Crippen LogP contribution is 2.42. The molecule has 1 heterocycles. The SMILES string of the molecule is CC#CC(=O)NC1CCCC(c2c(F)c(F)c(C(=O)OC)c3[nH]c(C)c(C#N)c23)C1. The predicted molar refractivity (Wildman–Crippen MR) is 106 cm³/mol. The van der Waals surface area contributed by atoms with Gasteiger partial charge in [-0.2, -0.15) is 5.26 Å². The van der Waals surface area contributed by atoms with Crippen LogP contribution < -0.4 is 5.32 Å². The zero-order valence-corrected chi connectivity index (χ0v) is 16.9. The maximum Gasteiger partial charge on any atom is 0.343 e. The van der Waals surface area contributed by atoms with Crippen LogP contribution in [0.25, 0.3) is 10.9 Å². The van der Waals surface area contributed by atoms with Gasteiger partial charge >= 0.3 is 5.97 Å². The highest BCUT2D eigenvalue weighted by molar-refractivity contribution is 6.06. The van der Waals surface area contributed by atoms with E-state index in [0.29, 0.717) is 31.4 Å². The number of carbonyl (C=O) groups is 2. The number of hydrogen-bond donors (Lipinski definition) is 2. The van der Waals surface area contributed by atoms with Gasteiger partial charge in [0.2, 0.25) is 0 Å². The van der Waals surface area contributed by atoms with Gasteiger partial charge in [0.1, 0.15) is 11.6 Å². The lowest BCUT2D eigenvalue weighted by Crippen LogP contribution is -2.37. The van der Waals surface area contributed by atoms with Crippen LogP contribution in [0.5, 0.6) is 0 Å². The molecule has 1 amide bonds. The van der Waals surface area contributed by atoms with Crippen LogP contribution in [0.4, 0.5) is 8.78 Å². The Hall–Kier alpha value is -3.39. The van der Waals surface area contributed by atoms with Crippen molar-refractivity contribution in [3.05, 3.63) is 34.0 Å². The number of fused-ring (bicyclic) bond motifs is 1. The number of ether oxygens (including phenoxy) is 1. The predicted octanol–water partition coefficient (Wildman–Crippen LogP) is 3.58. The summed E-state index contributed by atoms with van der Waals surface area (Å²) in [5.74, 6) is 0.579. The van der Waals surface area contributed by atoms with E-state index in [4.69, 9.17) is 0 Å². The smallest absolute Gasteiger partial charge is 0.343 e. The molecule has 2 atom stereocenters. The lowest BCUT2D eigenvalue weighted by atomic mass is 9.79. The lowest BCUT2D eigenvalue weighted by Gasteiger charge is -2.30. The summed E-state index contributed by atoms with van der Waals surface area (Å²) in [6, 6.07) is 1.78. The summed E-state index contributed by atoms with van der Waals surface area (Å²) in [7, 11) is 1.08. The topological polar surface area (TPSA) is 95.0 Å². The van der Waals surface area contributed by atoms with Crippen LogP contribution in [0.1, 0.15) is 65.7 Å². The van der Waals surface area contributed by atoms with Gasteiger partial charge in [0.25, 0.3) is 5.91 Å². The van der Waals surface area contributed by atoms with Crippen molar-refractivity contribution in [2.75, 3.05) is 7.11 Å². The second kappa shape index (κ2) is 8.54. The molecule has 1 aliphatic rings. The first-order valence-corrected chi connectivity index (χ1v) is 9.58. The Morgan fingerprint density at radius 1 is 1.27 bits per heavy atom. The third kappa shape index (κ3) is 3.61. The molecule has 2 N–H and O–H groups in total. The van der Waals surface area contributed by atoms with E-state index < -0.39 is 35.0 Å². The van der Waals surface area contributed by atoms with Crippen molar-refractivity contribution in [1.29, 1.82) is 5.26 Å². The fraction of sp³-hybridized carbons (Fsp3) is 0.409. The maximum absolute atomic E-state index is 15.3. The molecule has 1 aliphatic carbocycles. The van der Waals surface area contributed by atoms with E-state index in [1.165, 1.54) is 0 Å². The molecule has 2 unspecified atom stereocenters. The van der Waals surface area contributed by atoms with E-state index in [1.54, 1.807) is 13.8 Å². The number of H-pyrrole nitrogens is 1. The van der Waals surface area contributed by atoms with E-state index in [9.17, 15) is 19.2 Å².